The third-order valence-electron chi connectivity index (χ3n) is 3.98. The summed E-state index contributed by atoms with van der Waals surface area (Å²) < 4.78 is 44.2. The number of benzene rings is 2. The van der Waals surface area contributed by atoms with Gasteiger partial charge < -0.3 is 4.74 Å². The molecular weight excluding hydrogens is 401 g/mol. The molecule has 0 aliphatic carbocycles. The Morgan fingerprint density at radius 1 is 1.00 bits per heavy atom. The molecule has 0 saturated heterocycles. The number of amides is 2. The van der Waals surface area contributed by atoms with Gasteiger partial charge in [0.25, 0.3) is 11.8 Å². The van der Waals surface area contributed by atoms with Gasteiger partial charge in [-0.2, -0.15) is 18.3 Å². The summed E-state index contributed by atoms with van der Waals surface area (Å²) in [6, 6.07) is 13.6. The number of carbonyl (C=O) groups is 2. The van der Waals surface area contributed by atoms with Gasteiger partial charge in [0.1, 0.15) is 5.75 Å². The molecule has 0 spiro atoms. The van der Waals surface area contributed by atoms with E-state index in [0.717, 1.165) is 16.3 Å². The molecule has 0 fully saturated rings. The predicted molar refractivity (Wildman–Crippen MR) is 101 cm³/mol. The molecule has 0 unspecified atom stereocenters. The first-order valence-electron chi connectivity index (χ1n) is 8.74. The molecule has 0 aliphatic heterocycles. The molecule has 1 heterocycles. The molecule has 0 bridgehead atoms. The lowest BCUT2D eigenvalue weighted by Gasteiger charge is -2.09. The van der Waals surface area contributed by atoms with Crippen LogP contribution in [0.5, 0.6) is 5.75 Å². The van der Waals surface area contributed by atoms with Crippen molar-refractivity contribution in [2.75, 3.05) is 6.61 Å². The zero-order valence-corrected chi connectivity index (χ0v) is 15.7. The quantitative estimate of drug-likeness (QED) is 0.624. The maximum Gasteiger partial charge on any atom is 0.435 e. The lowest BCUT2D eigenvalue weighted by molar-refractivity contribution is -0.141. The maximum absolute atomic E-state index is 12.6. The Labute approximate surface area is 169 Å². The lowest BCUT2D eigenvalue weighted by Crippen LogP contribution is -2.43. The van der Waals surface area contributed by atoms with Gasteiger partial charge in [-0.05, 0) is 49.4 Å². The van der Waals surface area contributed by atoms with Gasteiger partial charge in [-0.3, -0.25) is 20.4 Å². The summed E-state index contributed by atoms with van der Waals surface area (Å²) in [5.74, 6) is -0.636. The first-order chi connectivity index (χ1) is 14.2. The zero-order chi connectivity index (χ0) is 21.7. The summed E-state index contributed by atoms with van der Waals surface area (Å²) in [5.41, 5.74) is 5.04. The number of rotatable bonds is 5. The number of halogens is 3. The van der Waals surface area contributed by atoms with Crippen molar-refractivity contribution in [3.05, 3.63) is 77.6 Å². The second kappa shape index (κ2) is 8.68. The van der Waals surface area contributed by atoms with Gasteiger partial charge in [0, 0.05) is 11.8 Å². The number of nitrogens with one attached hydrogen (secondary N) is 2. The van der Waals surface area contributed by atoms with E-state index in [9.17, 15) is 22.8 Å². The molecule has 3 rings (SSSR count). The Kier molecular flexibility index (Phi) is 6.05. The minimum Gasteiger partial charge on any atom is -0.484 e. The molecule has 2 amide bonds. The van der Waals surface area contributed by atoms with Gasteiger partial charge in [0.05, 0.1) is 5.69 Å². The largest absolute Gasteiger partial charge is 0.484 e. The molecule has 0 aliphatic rings. The van der Waals surface area contributed by atoms with Crippen LogP contribution >= 0.6 is 0 Å². The standard InChI is InChI=1S/C20H17F3N4O3/c1-13-2-8-16(9-3-13)30-12-18(28)24-25-19(29)14-4-6-15(7-5-14)27-11-10-17(26-27)20(21,22)23/h2-11H,12H2,1H3,(H,24,28)(H,25,29). The molecule has 3 aromatic rings. The first-order valence-corrected chi connectivity index (χ1v) is 8.74. The molecule has 0 radical (unpaired) electrons. The van der Waals surface area contributed by atoms with Crippen molar-refractivity contribution < 1.29 is 27.5 Å². The van der Waals surface area contributed by atoms with Crippen molar-refractivity contribution in [1.29, 1.82) is 0 Å². The van der Waals surface area contributed by atoms with Crippen LogP contribution in [0.4, 0.5) is 13.2 Å². The van der Waals surface area contributed by atoms with Crippen molar-refractivity contribution in [1.82, 2.24) is 20.6 Å². The van der Waals surface area contributed by atoms with Gasteiger partial charge in [-0.25, -0.2) is 4.68 Å². The number of aromatic nitrogens is 2. The monoisotopic (exact) mass is 418 g/mol. The normalized spacial score (nSPS) is 11.1. The number of hydrogen-bond donors (Lipinski definition) is 2. The van der Waals surface area contributed by atoms with Crippen LogP contribution in [-0.2, 0) is 11.0 Å². The van der Waals surface area contributed by atoms with Crippen molar-refractivity contribution >= 4 is 11.8 Å². The second-order valence-corrected chi connectivity index (χ2v) is 6.29. The Hall–Kier alpha value is -3.82. The zero-order valence-electron chi connectivity index (χ0n) is 15.7. The van der Waals surface area contributed by atoms with E-state index in [2.05, 4.69) is 16.0 Å². The smallest absolute Gasteiger partial charge is 0.435 e. The molecule has 156 valence electrons. The molecule has 1 aromatic heterocycles. The molecule has 0 saturated carbocycles. The summed E-state index contributed by atoms with van der Waals surface area (Å²) in [5, 5.41) is 3.46. The van der Waals surface area contributed by atoms with Gasteiger partial charge >= 0.3 is 6.18 Å². The minimum atomic E-state index is -4.54. The van der Waals surface area contributed by atoms with Crippen LogP contribution in [0.3, 0.4) is 0 Å². The topological polar surface area (TPSA) is 85.3 Å². The average molecular weight is 418 g/mol. The molecule has 30 heavy (non-hydrogen) atoms. The van der Waals surface area contributed by atoms with Crippen molar-refractivity contribution in [3.8, 4) is 11.4 Å². The number of aryl methyl sites for hydroxylation is 1. The molecule has 2 aromatic carbocycles. The van der Waals surface area contributed by atoms with Crippen LogP contribution in [0, 0.1) is 6.92 Å². The average Bonchev–Trinajstić information content (AvgIpc) is 3.22. The van der Waals surface area contributed by atoms with Crippen LogP contribution in [0.25, 0.3) is 5.69 Å². The van der Waals surface area contributed by atoms with E-state index in [4.69, 9.17) is 4.74 Å². The summed E-state index contributed by atoms with van der Waals surface area (Å²) >= 11 is 0. The van der Waals surface area contributed by atoms with Gasteiger partial charge in [0.2, 0.25) is 0 Å². The predicted octanol–water partition coefficient (Wildman–Crippen LogP) is 3.04. The van der Waals surface area contributed by atoms with E-state index in [1.807, 2.05) is 19.1 Å². The molecular formula is C20H17F3N4O3. The van der Waals surface area contributed by atoms with Crippen LogP contribution in [0.1, 0.15) is 21.6 Å². The Morgan fingerprint density at radius 2 is 1.67 bits per heavy atom. The van der Waals surface area contributed by atoms with Crippen LogP contribution in [0.15, 0.2) is 60.8 Å². The van der Waals surface area contributed by atoms with Gasteiger partial charge in [0.15, 0.2) is 12.3 Å². The van der Waals surface area contributed by atoms with E-state index in [1.54, 1.807) is 12.1 Å². The number of nitrogens with zero attached hydrogens (tertiary/aromatic N) is 2. The van der Waals surface area contributed by atoms with Crippen LogP contribution in [0.2, 0.25) is 0 Å². The third-order valence-corrected chi connectivity index (χ3v) is 3.98. The fourth-order valence-electron chi connectivity index (χ4n) is 2.40. The van der Waals surface area contributed by atoms with E-state index in [1.165, 1.54) is 30.5 Å². The number of ether oxygens (including phenoxy) is 1. The van der Waals surface area contributed by atoms with Gasteiger partial charge in [-0.15, -0.1) is 0 Å². The fraction of sp³-hybridized carbons (Fsp3) is 0.150. The highest BCUT2D eigenvalue weighted by Crippen LogP contribution is 2.27. The van der Waals surface area contributed by atoms with Crippen LogP contribution in [-0.4, -0.2) is 28.2 Å². The van der Waals surface area contributed by atoms with Crippen molar-refractivity contribution in [2.24, 2.45) is 0 Å². The molecule has 2 N–H and O–H groups in total. The molecule has 0 atom stereocenters. The van der Waals surface area contributed by atoms with Gasteiger partial charge in [-0.1, -0.05) is 17.7 Å². The minimum absolute atomic E-state index is 0.196. The maximum atomic E-state index is 12.6. The van der Waals surface area contributed by atoms with E-state index < -0.39 is 23.7 Å². The van der Waals surface area contributed by atoms with E-state index in [-0.39, 0.29) is 12.2 Å². The Balaban J connectivity index is 1.51. The summed E-state index contributed by atoms with van der Waals surface area (Å²) in [6.45, 7) is 1.64. The van der Waals surface area contributed by atoms with E-state index in [0.29, 0.717) is 11.4 Å². The highest BCUT2D eigenvalue weighted by atomic mass is 19.4. The van der Waals surface area contributed by atoms with Crippen LogP contribution < -0.4 is 15.6 Å². The highest BCUT2D eigenvalue weighted by Gasteiger charge is 2.33. The summed E-state index contributed by atoms with van der Waals surface area (Å²) in [6.07, 6.45) is -3.36. The molecule has 7 nitrogen and oxygen atoms in total. The number of hydrogen-bond acceptors (Lipinski definition) is 4. The second-order valence-electron chi connectivity index (χ2n) is 6.29. The third kappa shape index (κ3) is 5.37. The Bertz CT molecular complexity index is 1030. The number of carbonyl (C=O) groups excluding carboxylic acids is 2. The van der Waals surface area contributed by atoms with E-state index >= 15 is 0 Å². The number of hydrazine groups is 1. The fourth-order valence-corrected chi connectivity index (χ4v) is 2.40. The summed E-state index contributed by atoms with van der Waals surface area (Å²) in [7, 11) is 0. The first kappa shape index (κ1) is 20.9. The van der Waals surface area contributed by atoms with Crippen molar-refractivity contribution in [2.45, 2.75) is 13.1 Å². The number of alkyl halides is 3. The SMILES string of the molecule is Cc1ccc(OCC(=O)NNC(=O)c2ccc(-n3ccc(C(F)(F)F)n3)cc2)cc1. The lowest BCUT2D eigenvalue weighted by atomic mass is 10.2. The van der Waals surface area contributed by atoms with Crippen molar-refractivity contribution in [3.63, 3.8) is 0 Å². The molecule has 10 heteroatoms. The highest BCUT2D eigenvalue weighted by molar-refractivity contribution is 5.95. The summed E-state index contributed by atoms with van der Waals surface area (Å²) in [4.78, 5) is 23.9. The Morgan fingerprint density at radius 3 is 2.27 bits per heavy atom.